The lowest BCUT2D eigenvalue weighted by Crippen LogP contribution is -1.94. The van der Waals surface area contributed by atoms with Crippen LogP contribution >= 0.6 is 34.5 Å². The number of halogens is 3. The Labute approximate surface area is 144 Å². The molecule has 3 rings (SSSR count). The number of benzene rings is 2. The molecule has 0 spiro atoms. The van der Waals surface area contributed by atoms with E-state index in [0.29, 0.717) is 21.2 Å². The summed E-state index contributed by atoms with van der Waals surface area (Å²) in [6.07, 6.45) is 0. The lowest BCUT2D eigenvalue weighted by atomic mass is 10.1. The molecule has 3 aromatic rings. The van der Waals surface area contributed by atoms with Crippen LogP contribution in [0.5, 0.6) is 0 Å². The maximum Gasteiger partial charge on any atom is 0.365 e. The molecule has 0 amide bonds. The molecule has 1 aromatic heterocycles. The Bertz CT molecular complexity index is 911. The lowest BCUT2D eigenvalue weighted by Gasteiger charge is -2.04. The summed E-state index contributed by atoms with van der Waals surface area (Å²) in [5, 5.41) is 9.62. The minimum Gasteiger partial charge on any atom is -0.476 e. The van der Waals surface area contributed by atoms with E-state index >= 15 is 0 Å². The van der Waals surface area contributed by atoms with E-state index in [1.165, 1.54) is 18.2 Å². The van der Waals surface area contributed by atoms with E-state index in [-0.39, 0.29) is 10.0 Å². The topological polar surface area (TPSA) is 50.2 Å². The molecule has 0 aliphatic carbocycles. The number of carboxylic acid groups (broad SMARTS) is 1. The second-order valence-electron chi connectivity index (χ2n) is 4.64. The van der Waals surface area contributed by atoms with Crippen molar-refractivity contribution < 1.29 is 14.3 Å². The van der Waals surface area contributed by atoms with Crippen molar-refractivity contribution in [2.24, 2.45) is 0 Å². The molecule has 0 aliphatic rings. The third kappa shape index (κ3) is 3.22. The number of carboxylic acids is 1. The van der Waals surface area contributed by atoms with Gasteiger partial charge in [0.25, 0.3) is 0 Å². The first-order valence-corrected chi connectivity index (χ1v) is 7.98. The van der Waals surface area contributed by atoms with E-state index in [9.17, 15) is 14.3 Å². The second kappa shape index (κ2) is 6.28. The quantitative estimate of drug-likeness (QED) is 0.653. The molecular formula is C16H8Cl2FNO2S. The highest BCUT2D eigenvalue weighted by molar-refractivity contribution is 7.17. The molecule has 3 nitrogen and oxygen atoms in total. The van der Waals surface area contributed by atoms with Crippen LogP contribution in [0.2, 0.25) is 10.0 Å². The standard InChI is InChI=1S/C16H8Cl2FNO2S/c17-10-3-1-2-9(6-10)14-13(20-15(23-14)16(21)22)8-4-5-12(19)11(18)7-8/h1-7H,(H,21,22). The molecule has 0 fully saturated rings. The van der Waals surface area contributed by atoms with Crippen molar-refractivity contribution in [2.45, 2.75) is 0 Å². The highest BCUT2D eigenvalue weighted by Gasteiger charge is 2.19. The molecule has 0 unspecified atom stereocenters. The highest BCUT2D eigenvalue weighted by atomic mass is 35.5. The number of aromatic carboxylic acids is 1. The third-order valence-electron chi connectivity index (χ3n) is 3.09. The number of hydrogen-bond acceptors (Lipinski definition) is 3. The van der Waals surface area contributed by atoms with Crippen molar-refractivity contribution in [3.8, 4) is 21.7 Å². The first-order chi connectivity index (χ1) is 11.0. The maximum absolute atomic E-state index is 13.4. The lowest BCUT2D eigenvalue weighted by molar-refractivity contribution is 0.0696. The Morgan fingerprint density at radius 1 is 1.13 bits per heavy atom. The molecule has 0 atom stereocenters. The molecule has 23 heavy (non-hydrogen) atoms. The Hall–Kier alpha value is -1.95. The summed E-state index contributed by atoms with van der Waals surface area (Å²) in [7, 11) is 0. The number of aromatic nitrogens is 1. The summed E-state index contributed by atoms with van der Waals surface area (Å²) in [5.74, 6) is -1.67. The van der Waals surface area contributed by atoms with Crippen LogP contribution in [-0.2, 0) is 0 Å². The largest absolute Gasteiger partial charge is 0.476 e. The Morgan fingerprint density at radius 2 is 1.91 bits per heavy atom. The molecule has 0 radical (unpaired) electrons. The molecule has 7 heteroatoms. The fourth-order valence-corrected chi connectivity index (χ4v) is 3.37. The molecule has 0 saturated carbocycles. The van der Waals surface area contributed by atoms with Crippen molar-refractivity contribution in [1.82, 2.24) is 4.98 Å². The zero-order valence-electron chi connectivity index (χ0n) is 11.4. The number of thiazole rings is 1. The van der Waals surface area contributed by atoms with Gasteiger partial charge in [-0.15, -0.1) is 11.3 Å². The average Bonchev–Trinajstić information content (AvgIpc) is 2.95. The Kier molecular flexibility index (Phi) is 4.35. The molecule has 0 saturated heterocycles. The van der Waals surface area contributed by atoms with E-state index in [1.54, 1.807) is 24.3 Å². The van der Waals surface area contributed by atoms with Gasteiger partial charge < -0.3 is 5.11 Å². The van der Waals surface area contributed by atoms with Crippen LogP contribution in [0.4, 0.5) is 4.39 Å². The van der Waals surface area contributed by atoms with Gasteiger partial charge in [-0.3, -0.25) is 0 Å². The summed E-state index contributed by atoms with van der Waals surface area (Å²) >= 11 is 12.9. The smallest absolute Gasteiger partial charge is 0.365 e. The van der Waals surface area contributed by atoms with Gasteiger partial charge in [-0.25, -0.2) is 14.2 Å². The van der Waals surface area contributed by atoms with E-state index < -0.39 is 11.8 Å². The monoisotopic (exact) mass is 367 g/mol. The van der Waals surface area contributed by atoms with Crippen molar-refractivity contribution in [2.75, 3.05) is 0 Å². The van der Waals surface area contributed by atoms with E-state index in [4.69, 9.17) is 23.2 Å². The van der Waals surface area contributed by atoms with Gasteiger partial charge in [-0.2, -0.15) is 0 Å². The summed E-state index contributed by atoms with van der Waals surface area (Å²) in [6, 6.07) is 11.2. The van der Waals surface area contributed by atoms with Crippen molar-refractivity contribution >= 4 is 40.5 Å². The summed E-state index contributed by atoms with van der Waals surface area (Å²) in [5.41, 5.74) is 1.70. The van der Waals surface area contributed by atoms with Gasteiger partial charge in [0.1, 0.15) is 5.82 Å². The minimum atomic E-state index is -1.13. The predicted octanol–water partition coefficient (Wildman–Crippen LogP) is 5.62. The predicted molar refractivity (Wildman–Crippen MR) is 89.9 cm³/mol. The van der Waals surface area contributed by atoms with Crippen LogP contribution in [-0.4, -0.2) is 16.1 Å². The molecule has 1 heterocycles. The van der Waals surface area contributed by atoms with E-state index in [1.807, 2.05) is 0 Å². The molecule has 1 N–H and O–H groups in total. The second-order valence-corrected chi connectivity index (χ2v) is 6.48. The van der Waals surface area contributed by atoms with Gasteiger partial charge in [0.15, 0.2) is 0 Å². The molecule has 0 bridgehead atoms. The normalized spacial score (nSPS) is 10.7. The molecule has 0 aliphatic heterocycles. The maximum atomic E-state index is 13.4. The van der Waals surface area contributed by atoms with Gasteiger partial charge in [0.2, 0.25) is 5.01 Å². The first-order valence-electron chi connectivity index (χ1n) is 6.41. The SMILES string of the molecule is O=C(O)c1nc(-c2ccc(F)c(Cl)c2)c(-c2cccc(Cl)c2)s1. The van der Waals surface area contributed by atoms with Gasteiger partial charge in [0, 0.05) is 10.6 Å². The number of carbonyl (C=O) groups is 1. The molecular weight excluding hydrogens is 360 g/mol. The highest BCUT2D eigenvalue weighted by Crippen LogP contribution is 2.38. The van der Waals surface area contributed by atoms with Crippen LogP contribution < -0.4 is 0 Å². The van der Waals surface area contributed by atoms with E-state index in [0.717, 1.165) is 16.9 Å². The van der Waals surface area contributed by atoms with Gasteiger partial charge in [-0.05, 0) is 35.9 Å². The Morgan fingerprint density at radius 3 is 2.57 bits per heavy atom. The molecule has 2 aromatic carbocycles. The van der Waals surface area contributed by atoms with Crippen molar-refractivity contribution in [1.29, 1.82) is 0 Å². The number of hydrogen-bond donors (Lipinski definition) is 1. The van der Waals surface area contributed by atoms with Crippen LogP contribution in [0.25, 0.3) is 21.7 Å². The summed E-state index contributed by atoms with van der Waals surface area (Å²) in [6.45, 7) is 0. The van der Waals surface area contributed by atoms with Crippen LogP contribution in [0.3, 0.4) is 0 Å². The fraction of sp³-hybridized carbons (Fsp3) is 0. The minimum absolute atomic E-state index is 0.0515. The summed E-state index contributed by atoms with van der Waals surface area (Å²) < 4.78 is 13.4. The number of nitrogens with zero attached hydrogens (tertiary/aromatic N) is 1. The zero-order valence-corrected chi connectivity index (χ0v) is 13.7. The van der Waals surface area contributed by atoms with Gasteiger partial charge >= 0.3 is 5.97 Å². The number of rotatable bonds is 3. The van der Waals surface area contributed by atoms with Crippen LogP contribution in [0, 0.1) is 5.82 Å². The fourth-order valence-electron chi connectivity index (χ4n) is 2.08. The van der Waals surface area contributed by atoms with Crippen LogP contribution in [0.1, 0.15) is 9.80 Å². The summed E-state index contributed by atoms with van der Waals surface area (Å²) in [4.78, 5) is 16.0. The Balaban J connectivity index is 2.22. The van der Waals surface area contributed by atoms with Crippen molar-refractivity contribution in [3.05, 3.63) is 63.3 Å². The molecule has 116 valence electrons. The van der Waals surface area contributed by atoms with Gasteiger partial charge in [0.05, 0.1) is 15.6 Å². The van der Waals surface area contributed by atoms with Crippen LogP contribution in [0.15, 0.2) is 42.5 Å². The zero-order chi connectivity index (χ0) is 16.6. The van der Waals surface area contributed by atoms with Crippen molar-refractivity contribution in [3.63, 3.8) is 0 Å². The van der Waals surface area contributed by atoms with E-state index in [2.05, 4.69) is 4.98 Å². The first kappa shape index (κ1) is 15.9. The van der Waals surface area contributed by atoms with Gasteiger partial charge in [-0.1, -0.05) is 35.3 Å². The average molecular weight is 368 g/mol. The third-order valence-corrected chi connectivity index (χ3v) is 4.71.